The molecule has 1 fully saturated rings. The van der Waals surface area contributed by atoms with Gasteiger partial charge in [-0.15, -0.1) is 0 Å². The van der Waals surface area contributed by atoms with Crippen LogP contribution in [0.3, 0.4) is 0 Å². The van der Waals surface area contributed by atoms with Gasteiger partial charge >= 0.3 is 0 Å². The quantitative estimate of drug-likeness (QED) is 0.879. The van der Waals surface area contributed by atoms with Gasteiger partial charge in [-0.25, -0.2) is 0 Å². The van der Waals surface area contributed by atoms with Gasteiger partial charge < -0.3 is 10.5 Å². The molecule has 4 nitrogen and oxygen atoms in total. The van der Waals surface area contributed by atoms with E-state index in [1.165, 1.54) is 0 Å². The van der Waals surface area contributed by atoms with E-state index < -0.39 is 0 Å². The van der Waals surface area contributed by atoms with E-state index in [9.17, 15) is 4.79 Å². The zero-order chi connectivity index (χ0) is 13.7. The lowest BCUT2D eigenvalue weighted by atomic mass is 10.00. The molecule has 1 aliphatic heterocycles. The molecule has 2 rings (SSSR count). The summed E-state index contributed by atoms with van der Waals surface area (Å²) in [6, 6.07) is 9.40. The Hall–Kier alpha value is -1.39. The zero-order valence-electron chi connectivity index (χ0n) is 11.4. The van der Waals surface area contributed by atoms with Gasteiger partial charge in [0.15, 0.2) is 0 Å². The minimum atomic E-state index is -0.343. The van der Waals surface area contributed by atoms with E-state index in [0.29, 0.717) is 6.61 Å². The predicted octanol–water partition coefficient (Wildman–Crippen LogP) is 1.71. The van der Waals surface area contributed by atoms with Crippen molar-refractivity contribution in [3.8, 4) is 0 Å². The van der Waals surface area contributed by atoms with E-state index in [4.69, 9.17) is 10.5 Å². The number of nitrogens with two attached hydrogens (primary N) is 1. The fourth-order valence-corrected chi connectivity index (χ4v) is 2.76. The van der Waals surface area contributed by atoms with Crippen molar-refractivity contribution in [1.82, 2.24) is 4.90 Å². The molecule has 2 N–H and O–H groups in total. The number of carbonyl (C=O) groups is 1. The molecule has 1 aliphatic rings. The lowest BCUT2D eigenvalue weighted by Crippen LogP contribution is -2.46. The molecule has 4 heteroatoms. The molecule has 0 unspecified atom stereocenters. The summed E-state index contributed by atoms with van der Waals surface area (Å²) in [5, 5.41) is 0. The van der Waals surface area contributed by atoms with Crippen LogP contribution in [0.4, 0.5) is 0 Å². The summed E-state index contributed by atoms with van der Waals surface area (Å²) in [6.07, 6.45) is 2.32. The normalized spacial score (nSPS) is 22.1. The molecule has 0 saturated carbocycles. The van der Waals surface area contributed by atoms with Crippen molar-refractivity contribution in [3.05, 3.63) is 35.9 Å². The van der Waals surface area contributed by atoms with Gasteiger partial charge in [0.05, 0.1) is 6.10 Å². The van der Waals surface area contributed by atoms with E-state index in [0.717, 1.165) is 31.5 Å². The van der Waals surface area contributed by atoms with Gasteiger partial charge in [-0.1, -0.05) is 30.3 Å². The van der Waals surface area contributed by atoms with Crippen LogP contribution in [-0.4, -0.2) is 36.6 Å². The number of amides is 1. The Morgan fingerprint density at radius 2 is 2.21 bits per heavy atom. The largest absolute Gasteiger partial charge is 0.377 e. The lowest BCUT2D eigenvalue weighted by molar-refractivity contribution is -0.125. The topological polar surface area (TPSA) is 55.6 Å². The predicted molar refractivity (Wildman–Crippen MR) is 74.6 cm³/mol. The Morgan fingerprint density at radius 1 is 1.47 bits per heavy atom. The highest BCUT2D eigenvalue weighted by molar-refractivity contribution is 5.81. The summed E-state index contributed by atoms with van der Waals surface area (Å²) in [7, 11) is 0. The fraction of sp³-hybridized carbons (Fsp3) is 0.533. The number of carbonyl (C=O) groups excluding carboxylic acids is 1. The molecule has 0 aliphatic carbocycles. The monoisotopic (exact) mass is 262 g/mol. The van der Waals surface area contributed by atoms with Crippen LogP contribution in [0.25, 0.3) is 0 Å². The number of hydrogen-bond donors (Lipinski definition) is 1. The minimum Gasteiger partial charge on any atom is -0.377 e. The number of primary amides is 1. The summed E-state index contributed by atoms with van der Waals surface area (Å²) in [5.74, 6) is -0.289. The number of nitrogens with zero attached hydrogens (tertiary/aromatic N) is 1. The highest BCUT2D eigenvalue weighted by Crippen LogP contribution is 2.25. The molecule has 19 heavy (non-hydrogen) atoms. The first kappa shape index (κ1) is 14.0. The van der Waals surface area contributed by atoms with Crippen molar-refractivity contribution in [3.63, 3.8) is 0 Å². The average molecular weight is 262 g/mol. The van der Waals surface area contributed by atoms with Crippen LogP contribution in [-0.2, 0) is 9.53 Å². The van der Waals surface area contributed by atoms with E-state index in [-0.39, 0.29) is 18.1 Å². The van der Waals surface area contributed by atoms with Crippen LogP contribution >= 0.6 is 0 Å². The standard InChI is InChI=1S/C15H22N2O2/c1-2-19-13-9-6-10-17(11-13)14(15(16)18)12-7-4-3-5-8-12/h3-5,7-8,13-14H,2,6,9-11H2,1H3,(H2,16,18)/t13-,14+/m1/s1. The second-order valence-corrected chi connectivity index (χ2v) is 4.93. The van der Waals surface area contributed by atoms with Gasteiger partial charge in [-0.3, -0.25) is 9.69 Å². The molecule has 1 heterocycles. The second kappa shape index (κ2) is 6.68. The first-order valence-corrected chi connectivity index (χ1v) is 6.92. The smallest absolute Gasteiger partial charge is 0.239 e. The van der Waals surface area contributed by atoms with Gasteiger partial charge in [0.1, 0.15) is 6.04 Å². The second-order valence-electron chi connectivity index (χ2n) is 4.93. The third-order valence-electron chi connectivity index (χ3n) is 3.56. The van der Waals surface area contributed by atoms with E-state index >= 15 is 0 Å². The number of ether oxygens (including phenoxy) is 1. The van der Waals surface area contributed by atoms with Crippen LogP contribution in [0.2, 0.25) is 0 Å². The maximum Gasteiger partial charge on any atom is 0.239 e. The minimum absolute atomic E-state index is 0.212. The highest BCUT2D eigenvalue weighted by Gasteiger charge is 2.30. The zero-order valence-corrected chi connectivity index (χ0v) is 11.4. The molecule has 1 saturated heterocycles. The first-order valence-electron chi connectivity index (χ1n) is 6.92. The lowest BCUT2D eigenvalue weighted by Gasteiger charge is -2.36. The van der Waals surface area contributed by atoms with Crippen molar-refractivity contribution in [2.45, 2.75) is 31.9 Å². The Labute approximate surface area is 114 Å². The van der Waals surface area contributed by atoms with Crippen LogP contribution in [0.15, 0.2) is 30.3 Å². The fourth-order valence-electron chi connectivity index (χ4n) is 2.76. The summed E-state index contributed by atoms with van der Waals surface area (Å²) < 4.78 is 5.69. The number of benzene rings is 1. The van der Waals surface area contributed by atoms with Gasteiger partial charge in [0.2, 0.25) is 5.91 Å². The molecule has 2 atom stereocenters. The molecule has 104 valence electrons. The van der Waals surface area contributed by atoms with Crippen LogP contribution in [0, 0.1) is 0 Å². The Bertz CT molecular complexity index is 406. The van der Waals surface area contributed by atoms with E-state index in [1.54, 1.807) is 0 Å². The molecular weight excluding hydrogens is 240 g/mol. The molecular formula is C15H22N2O2. The average Bonchev–Trinajstić information content (AvgIpc) is 2.40. The number of piperidine rings is 1. The number of likely N-dealkylation sites (tertiary alicyclic amines) is 1. The maximum atomic E-state index is 11.8. The number of hydrogen-bond acceptors (Lipinski definition) is 3. The summed E-state index contributed by atoms with van der Waals surface area (Å²) >= 11 is 0. The summed E-state index contributed by atoms with van der Waals surface area (Å²) in [5.41, 5.74) is 6.56. The van der Waals surface area contributed by atoms with Crippen molar-refractivity contribution in [1.29, 1.82) is 0 Å². The van der Waals surface area contributed by atoms with Crippen molar-refractivity contribution in [2.75, 3.05) is 19.7 Å². The third-order valence-corrected chi connectivity index (χ3v) is 3.56. The van der Waals surface area contributed by atoms with Crippen LogP contribution in [0.1, 0.15) is 31.4 Å². The van der Waals surface area contributed by atoms with Crippen LogP contribution < -0.4 is 5.73 Å². The first-order chi connectivity index (χ1) is 9.22. The highest BCUT2D eigenvalue weighted by atomic mass is 16.5. The molecule has 1 aromatic rings. The van der Waals surface area contributed by atoms with E-state index in [2.05, 4.69) is 4.90 Å². The Morgan fingerprint density at radius 3 is 2.84 bits per heavy atom. The van der Waals surface area contributed by atoms with Gasteiger partial charge in [-0.2, -0.15) is 0 Å². The summed E-state index contributed by atoms with van der Waals surface area (Å²) in [6.45, 7) is 4.38. The van der Waals surface area contributed by atoms with Crippen molar-refractivity contribution < 1.29 is 9.53 Å². The summed E-state index contributed by atoms with van der Waals surface area (Å²) in [4.78, 5) is 13.9. The maximum absolute atomic E-state index is 11.8. The van der Waals surface area contributed by atoms with Crippen molar-refractivity contribution in [2.24, 2.45) is 5.73 Å². The molecule has 0 aromatic heterocycles. The van der Waals surface area contributed by atoms with Gasteiger partial charge in [0, 0.05) is 13.2 Å². The molecule has 1 aromatic carbocycles. The van der Waals surface area contributed by atoms with Gasteiger partial charge in [0.25, 0.3) is 0 Å². The number of rotatable bonds is 5. The molecule has 0 bridgehead atoms. The van der Waals surface area contributed by atoms with Crippen LogP contribution in [0.5, 0.6) is 0 Å². The third kappa shape index (κ3) is 3.55. The Balaban J connectivity index is 2.13. The molecule has 0 radical (unpaired) electrons. The molecule has 0 spiro atoms. The van der Waals surface area contributed by atoms with E-state index in [1.807, 2.05) is 37.3 Å². The van der Waals surface area contributed by atoms with Crippen molar-refractivity contribution >= 4 is 5.91 Å². The Kier molecular flexibility index (Phi) is 4.93. The van der Waals surface area contributed by atoms with Gasteiger partial charge in [-0.05, 0) is 31.9 Å². The molecule has 1 amide bonds. The SMILES string of the molecule is CCO[C@@H]1CCCN([C@H](C(N)=O)c2ccccc2)C1.